The van der Waals surface area contributed by atoms with Crippen LogP contribution in [0.4, 0.5) is 0 Å². The van der Waals surface area contributed by atoms with Gasteiger partial charge in [-0.05, 0) is 69.9 Å². The molecule has 0 spiro atoms. The van der Waals surface area contributed by atoms with Crippen molar-refractivity contribution < 1.29 is 14.6 Å². The third-order valence-electron chi connectivity index (χ3n) is 4.52. The van der Waals surface area contributed by atoms with E-state index in [4.69, 9.17) is 14.6 Å². The lowest BCUT2D eigenvalue weighted by molar-refractivity contribution is 0.299. The second-order valence-corrected chi connectivity index (χ2v) is 7.29. The molecule has 4 heteroatoms. The number of ether oxygens (including phenoxy) is 2. The van der Waals surface area contributed by atoms with E-state index in [1.54, 1.807) is 14.2 Å². The maximum Gasteiger partial charge on any atom is 0.119 e. The Bertz CT molecular complexity index is 1080. The molecule has 0 radical (unpaired) electrons. The summed E-state index contributed by atoms with van der Waals surface area (Å²) < 4.78 is 11.4. The van der Waals surface area contributed by atoms with Crippen LogP contribution in [0.15, 0.2) is 77.3 Å². The number of aliphatic hydroxyl groups excluding tert-OH is 1. The van der Waals surface area contributed by atoms with Gasteiger partial charge in [0.2, 0.25) is 0 Å². The van der Waals surface area contributed by atoms with E-state index < -0.39 is 0 Å². The molecule has 0 aromatic heterocycles. The fourth-order valence-corrected chi connectivity index (χ4v) is 3.39. The van der Waals surface area contributed by atoms with Gasteiger partial charge in [0.25, 0.3) is 0 Å². The number of rotatable bonds is 4. The monoisotopic (exact) mass is 438 g/mol. The molecule has 4 aromatic carbocycles. The van der Waals surface area contributed by atoms with E-state index in [2.05, 4.69) is 46.3 Å². The van der Waals surface area contributed by atoms with Gasteiger partial charge in [-0.15, -0.1) is 0 Å². The zero-order valence-electron chi connectivity index (χ0n) is 16.0. The minimum atomic E-state index is 0.190. The molecule has 0 amide bonds. The minimum Gasteiger partial charge on any atom is -0.497 e. The summed E-state index contributed by atoms with van der Waals surface area (Å²) in [5.74, 6) is 1.76. The zero-order valence-corrected chi connectivity index (χ0v) is 17.6. The molecular weight excluding hydrogens is 416 g/mol. The Labute approximate surface area is 173 Å². The van der Waals surface area contributed by atoms with Crippen molar-refractivity contribution in [1.29, 1.82) is 0 Å². The fraction of sp³-hybridized carbons (Fsp3) is 0.167. The van der Waals surface area contributed by atoms with E-state index in [1.807, 2.05) is 42.5 Å². The van der Waals surface area contributed by atoms with Gasteiger partial charge in [-0.25, -0.2) is 0 Å². The summed E-state index contributed by atoms with van der Waals surface area (Å²) in [6.45, 7) is 0.190. The van der Waals surface area contributed by atoms with Crippen molar-refractivity contribution in [2.75, 3.05) is 20.8 Å². The van der Waals surface area contributed by atoms with Gasteiger partial charge in [-0.3, -0.25) is 0 Å². The zero-order chi connectivity index (χ0) is 19.9. The van der Waals surface area contributed by atoms with Crippen LogP contribution < -0.4 is 9.47 Å². The van der Waals surface area contributed by atoms with Crippen molar-refractivity contribution in [3.8, 4) is 11.5 Å². The molecule has 3 nitrogen and oxygen atoms in total. The average molecular weight is 439 g/mol. The van der Waals surface area contributed by atoms with Crippen LogP contribution in [0.25, 0.3) is 21.5 Å². The highest BCUT2D eigenvalue weighted by molar-refractivity contribution is 9.10. The molecule has 0 saturated heterocycles. The lowest BCUT2D eigenvalue weighted by atomic mass is 10.1. The lowest BCUT2D eigenvalue weighted by Crippen LogP contribution is -1.90. The quantitative estimate of drug-likeness (QED) is 0.424. The Balaban J connectivity index is 0.000000162. The number of hydrogen-bond donors (Lipinski definition) is 1. The number of fused-ring (bicyclic) bond motifs is 2. The molecule has 0 heterocycles. The van der Waals surface area contributed by atoms with Gasteiger partial charge >= 0.3 is 0 Å². The summed E-state index contributed by atoms with van der Waals surface area (Å²) in [6.07, 6.45) is 0.702. The summed E-state index contributed by atoms with van der Waals surface area (Å²) in [6, 6.07) is 24.5. The van der Waals surface area contributed by atoms with E-state index >= 15 is 0 Å². The maximum atomic E-state index is 8.87. The second kappa shape index (κ2) is 9.58. The Kier molecular flexibility index (Phi) is 6.90. The summed E-state index contributed by atoms with van der Waals surface area (Å²) in [5, 5.41) is 13.6. The van der Waals surface area contributed by atoms with Gasteiger partial charge in [-0.1, -0.05) is 52.3 Å². The molecule has 28 heavy (non-hydrogen) atoms. The standard InChI is InChI=1S/C13H14O2.C11H9BrO/c1-15-13-5-4-11-3-2-10(6-7-14)8-12(11)9-13;1-13-11-5-3-8-2-4-10(12)6-9(8)7-11/h2-5,8-9,14H,6-7H2,1H3;2-7H,1H3. The van der Waals surface area contributed by atoms with Crippen molar-refractivity contribution in [2.45, 2.75) is 6.42 Å². The number of methoxy groups -OCH3 is 2. The molecule has 0 aliphatic heterocycles. The molecule has 0 aliphatic rings. The Morgan fingerprint density at radius 2 is 1.21 bits per heavy atom. The first-order valence-electron chi connectivity index (χ1n) is 9.04. The number of hydrogen-bond acceptors (Lipinski definition) is 3. The number of benzene rings is 4. The average Bonchev–Trinajstić information content (AvgIpc) is 2.73. The topological polar surface area (TPSA) is 38.7 Å². The van der Waals surface area contributed by atoms with Gasteiger partial charge in [-0.2, -0.15) is 0 Å². The van der Waals surface area contributed by atoms with Crippen molar-refractivity contribution in [3.63, 3.8) is 0 Å². The highest BCUT2D eigenvalue weighted by atomic mass is 79.9. The summed E-state index contributed by atoms with van der Waals surface area (Å²) in [4.78, 5) is 0. The van der Waals surface area contributed by atoms with Gasteiger partial charge in [0.1, 0.15) is 11.5 Å². The Morgan fingerprint density at radius 3 is 1.79 bits per heavy atom. The predicted molar refractivity (Wildman–Crippen MR) is 119 cm³/mol. The van der Waals surface area contributed by atoms with E-state index in [-0.39, 0.29) is 6.61 Å². The molecule has 0 atom stereocenters. The Morgan fingerprint density at radius 1 is 0.679 bits per heavy atom. The first kappa shape index (κ1) is 20.2. The molecule has 0 saturated carbocycles. The van der Waals surface area contributed by atoms with Crippen LogP contribution in [-0.2, 0) is 6.42 Å². The third-order valence-corrected chi connectivity index (χ3v) is 5.02. The van der Waals surface area contributed by atoms with Crippen LogP contribution in [0.1, 0.15) is 5.56 Å². The lowest BCUT2D eigenvalue weighted by Gasteiger charge is -2.04. The third kappa shape index (κ3) is 5.03. The molecule has 0 unspecified atom stereocenters. The van der Waals surface area contributed by atoms with Gasteiger partial charge in [0.15, 0.2) is 0 Å². The molecule has 0 bridgehead atoms. The van der Waals surface area contributed by atoms with Crippen molar-refractivity contribution in [2.24, 2.45) is 0 Å². The second-order valence-electron chi connectivity index (χ2n) is 6.38. The van der Waals surface area contributed by atoms with E-state index in [0.29, 0.717) is 6.42 Å². The highest BCUT2D eigenvalue weighted by Crippen LogP contribution is 2.24. The SMILES string of the molecule is COc1ccc2ccc(Br)cc2c1.COc1ccc2ccc(CCO)cc2c1. The molecule has 4 aromatic rings. The van der Waals surface area contributed by atoms with E-state index in [9.17, 15) is 0 Å². The van der Waals surface area contributed by atoms with Crippen molar-refractivity contribution in [1.82, 2.24) is 0 Å². The molecule has 4 rings (SSSR count). The molecule has 1 N–H and O–H groups in total. The smallest absolute Gasteiger partial charge is 0.119 e. The van der Waals surface area contributed by atoms with E-state index in [1.165, 1.54) is 16.2 Å². The van der Waals surface area contributed by atoms with Crippen LogP contribution in [0.3, 0.4) is 0 Å². The van der Waals surface area contributed by atoms with E-state index in [0.717, 1.165) is 26.9 Å². The highest BCUT2D eigenvalue weighted by Gasteiger charge is 1.98. The predicted octanol–water partition coefficient (Wildman–Crippen LogP) is 5.99. The molecule has 0 fully saturated rings. The normalized spacial score (nSPS) is 10.4. The van der Waals surface area contributed by atoms with Crippen molar-refractivity contribution in [3.05, 3.63) is 82.8 Å². The fourth-order valence-electron chi connectivity index (χ4n) is 3.01. The van der Waals surface area contributed by atoms with Gasteiger partial charge < -0.3 is 14.6 Å². The summed E-state index contributed by atoms with van der Waals surface area (Å²) in [7, 11) is 3.35. The van der Waals surface area contributed by atoms with Crippen LogP contribution >= 0.6 is 15.9 Å². The van der Waals surface area contributed by atoms with Crippen molar-refractivity contribution >= 4 is 37.5 Å². The first-order chi connectivity index (χ1) is 13.6. The van der Waals surface area contributed by atoms with Crippen LogP contribution in [0.5, 0.6) is 11.5 Å². The largest absolute Gasteiger partial charge is 0.497 e. The summed E-state index contributed by atoms with van der Waals surface area (Å²) in [5.41, 5.74) is 1.15. The summed E-state index contributed by atoms with van der Waals surface area (Å²) >= 11 is 3.44. The first-order valence-corrected chi connectivity index (χ1v) is 9.83. The van der Waals surface area contributed by atoms with Crippen LogP contribution in [0.2, 0.25) is 0 Å². The van der Waals surface area contributed by atoms with Crippen LogP contribution in [0, 0.1) is 0 Å². The van der Waals surface area contributed by atoms with Crippen LogP contribution in [-0.4, -0.2) is 25.9 Å². The molecule has 0 aliphatic carbocycles. The molecular formula is C24H23BrO3. The Hall–Kier alpha value is -2.56. The number of aliphatic hydroxyl groups is 1. The van der Waals surface area contributed by atoms with Gasteiger partial charge in [0, 0.05) is 11.1 Å². The molecule has 144 valence electrons. The maximum absolute atomic E-state index is 8.87. The number of halogens is 1. The minimum absolute atomic E-state index is 0.190. The van der Waals surface area contributed by atoms with Gasteiger partial charge in [0.05, 0.1) is 14.2 Å².